The molecule has 5 nitrogen and oxygen atoms in total. The number of hydrogen-bond donors (Lipinski definition) is 0. The van der Waals surface area contributed by atoms with Crippen LogP contribution >= 0.6 is 0 Å². The van der Waals surface area contributed by atoms with Gasteiger partial charge in [-0.05, 0) is 45.0 Å². The Morgan fingerprint density at radius 1 is 0.926 bits per heavy atom. The van der Waals surface area contributed by atoms with Gasteiger partial charge in [0.2, 0.25) is 5.41 Å². The van der Waals surface area contributed by atoms with Gasteiger partial charge in [0.25, 0.3) is 0 Å². The van der Waals surface area contributed by atoms with Gasteiger partial charge >= 0.3 is 11.9 Å². The second-order valence-electron chi connectivity index (χ2n) is 6.11. The summed E-state index contributed by atoms with van der Waals surface area (Å²) in [6.07, 6.45) is 0. The maximum Gasteiger partial charge on any atom is 0.332 e. The Balaban J connectivity index is 2.43. The maximum absolute atomic E-state index is 14.2. The van der Waals surface area contributed by atoms with E-state index in [1.165, 1.54) is 12.1 Å². The normalized spacial score (nSPS) is 14.1. The lowest BCUT2D eigenvalue weighted by Crippen LogP contribution is -2.51. The highest BCUT2D eigenvalue weighted by molar-refractivity contribution is 6.14. The topological polar surface area (TPSA) is 55.8 Å². The van der Waals surface area contributed by atoms with Crippen LogP contribution in [-0.2, 0) is 24.5 Å². The smallest absolute Gasteiger partial charge is 0.332 e. The second kappa shape index (κ2) is 7.39. The first-order valence-corrected chi connectivity index (χ1v) is 9.03. The van der Waals surface area contributed by atoms with Crippen LogP contribution < -0.4 is 4.90 Å². The van der Waals surface area contributed by atoms with Crippen LogP contribution in [-0.4, -0.2) is 31.7 Å². The Bertz CT molecular complexity index is 862. The number of carbonyl (C=O) groups excluding carboxylic acids is 2. The van der Waals surface area contributed by atoms with E-state index in [1.807, 2.05) is 24.0 Å². The van der Waals surface area contributed by atoms with Crippen LogP contribution in [0.25, 0.3) is 0 Å². The van der Waals surface area contributed by atoms with Gasteiger partial charge in [0.05, 0.1) is 13.2 Å². The average Bonchev–Trinajstić information content (AvgIpc) is 2.66. The van der Waals surface area contributed by atoms with E-state index in [1.54, 1.807) is 32.0 Å². The highest BCUT2D eigenvalue weighted by Crippen LogP contribution is 2.50. The van der Waals surface area contributed by atoms with Crippen molar-refractivity contribution in [2.45, 2.75) is 26.2 Å². The molecule has 0 radical (unpaired) electrons. The van der Waals surface area contributed by atoms with Gasteiger partial charge in [-0.2, -0.15) is 0 Å². The Morgan fingerprint density at radius 2 is 1.52 bits per heavy atom. The van der Waals surface area contributed by atoms with Crippen molar-refractivity contribution in [3.05, 3.63) is 59.4 Å². The number of carbonyl (C=O) groups is 2. The fourth-order valence-electron chi connectivity index (χ4n) is 3.69. The zero-order chi connectivity index (χ0) is 19.6. The molecule has 0 bridgehead atoms. The number of halogens is 1. The van der Waals surface area contributed by atoms with Crippen LogP contribution in [0.2, 0.25) is 0 Å². The molecule has 0 atom stereocenters. The summed E-state index contributed by atoms with van der Waals surface area (Å²) in [5.41, 5.74) is 0.0758. The summed E-state index contributed by atoms with van der Waals surface area (Å²) >= 11 is 0. The number of para-hydroxylation sites is 1. The number of hydrogen-bond acceptors (Lipinski definition) is 5. The molecule has 1 heterocycles. The summed E-state index contributed by atoms with van der Waals surface area (Å²) in [6.45, 7) is 6.03. The molecule has 142 valence electrons. The molecule has 6 heteroatoms. The SMILES string of the molecule is CCOC(=O)C1(C(=O)OCC)c2ccccc2N(CC)c2ccc(F)cc21. The van der Waals surface area contributed by atoms with Crippen molar-refractivity contribution in [3.8, 4) is 0 Å². The van der Waals surface area contributed by atoms with E-state index in [-0.39, 0.29) is 18.8 Å². The van der Waals surface area contributed by atoms with Crippen molar-refractivity contribution >= 4 is 23.3 Å². The van der Waals surface area contributed by atoms with E-state index in [4.69, 9.17) is 9.47 Å². The number of anilines is 2. The predicted molar refractivity (Wildman–Crippen MR) is 99.6 cm³/mol. The van der Waals surface area contributed by atoms with Crippen LogP contribution in [0, 0.1) is 5.82 Å². The summed E-state index contributed by atoms with van der Waals surface area (Å²) < 4.78 is 24.8. The number of rotatable bonds is 5. The van der Waals surface area contributed by atoms with Crippen LogP contribution in [0.3, 0.4) is 0 Å². The highest BCUT2D eigenvalue weighted by Gasteiger charge is 2.57. The summed E-state index contributed by atoms with van der Waals surface area (Å²) in [5.74, 6) is -2.07. The Kier molecular flexibility index (Phi) is 5.17. The minimum absolute atomic E-state index is 0.0876. The predicted octanol–water partition coefficient (Wildman–Crippen LogP) is 3.71. The third-order valence-corrected chi connectivity index (χ3v) is 4.73. The lowest BCUT2D eigenvalue weighted by Gasteiger charge is -2.41. The molecular weight excluding hydrogens is 349 g/mol. The third-order valence-electron chi connectivity index (χ3n) is 4.73. The molecule has 1 aliphatic heterocycles. The van der Waals surface area contributed by atoms with E-state index < -0.39 is 23.2 Å². The first-order valence-electron chi connectivity index (χ1n) is 9.03. The van der Waals surface area contributed by atoms with E-state index in [2.05, 4.69) is 0 Å². The lowest BCUT2D eigenvalue weighted by molar-refractivity contribution is -0.162. The summed E-state index contributed by atoms with van der Waals surface area (Å²) in [6, 6.07) is 11.2. The van der Waals surface area contributed by atoms with Gasteiger partial charge in [-0.1, -0.05) is 18.2 Å². The van der Waals surface area contributed by atoms with E-state index >= 15 is 0 Å². The number of ether oxygens (including phenoxy) is 2. The molecule has 2 aromatic rings. The Hall–Kier alpha value is -2.89. The molecule has 27 heavy (non-hydrogen) atoms. The zero-order valence-electron chi connectivity index (χ0n) is 15.6. The largest absolute Gasteiger partial charge is 0.465 e. The van der Waals surface area contributed by atoms with Gasteiger partial charge in [0, 0.05) is 29.0 Å². The fourth-order valence-corrected chi connectivity index (χ4v) is 3.69. The zero-order valence-corrected chi connectivity index (χ0v) is 15.6. The quantitative estimate of drug-likeness (QED) is 0.592. The molecule has 0 aromatic heterocycles. The van der Waals surface area contributed by atoms with Crippen molar-refractivity contribution in [1.29, 1.82) is 0 Å². The van der Waals surface area contributed by atoms with E-state index in [0.717, 1.165) is 0 Å². The van der Waals surface area contributed by atoms with Crippen LogP contribution in [0.4, 0.5) is 15.8 Å². The molecule has 0 amide bonds. The molecule has 3 rings (SSSR count). The minimum atomic E-state index is -1.87. The number of benzene rings is 2. The molecule has 0 spiro atoms. The summed E-state index contributed by atoms with van der Waals surface area (Å²) in [4.78, 5) is 28.4. The lowest BCUT2D eigenvalue weighted by atomic mass is 9.70. The fraction of sp³-hybridized carbons (Fsp3) is 0.333. The van der Waals surface area contributed by atoms with Crippen molar-refractivity contribution in [1.82, 2.24) is 0 Å². The number of nitrogens with zero attached hydrogens (tertiary/aromatic N) is 1. The van der Waals surface area contributed by atoms with Crippen molar-refractivity contribution in [2.24, 2.45) is 0 Å². The molecule has 0 fully saturated rings. The second-order valence-corrected chi connectivity index (χ2v) is 6.11. The van der Waals surface area contributed by atoms with Gasteiger partial charge in [0.15, 0.2) is 0 Å². The molecule has 0 saturated carbocycles. The van der Waals surface area contributed by atoms with Gasteiger partial charge in [-0.25, -0.2) is 4.39 Å². The first kappa shape index (κ1) is 18.9. The Morgan fingerprint density at radius 3 is 2.11 bits per heavy atom. The molecule has 0 unspecified atom stereocenters. The van der Waals surface area contributed by atoms with Crippen molar-refractivity contribution in [3.63, 3.8) is 0 Å². The number of fused-ring (bicyclic) bond motifs is 2. The minimum Gasteiger partial charge on any atom is -0.465 e. The maximum atomic E-state index is 14.2. The van der Waals surface area contributed by atoms with Gasteiger partial charge < -0.3 is 14.4 Å². The first-order chi connectivity index (χ1) is 13.0. The monoisotopic (exact) mass is 371 g/mol. The molecule has 0 saturated heterocycles. The van der Waals surface area contributed by atoms with Crippen LogP contribution in [0.1, 0.15) is 31.9 Å². The summed E-state index contributed by atoms with van der Waals surface area (Å²) in [7, 11) is 0. The Labute approximate surface area is 157 Å². The third kappa shape index (κ3) is 2.76. The van der Waals surface area contributed by atoms with Gasteiger partial charge in [0.1, 0.15) is 5.82 Å². The van der Waals surface area contributed by atoms with Crippen LogP contribution in [0.15, 0.2) is 42.5 Å². The molecule has 0 N–H and O–H groups in total. The molecular formula is C21H22FNO4. The van der Waals surface area contributed by atoms with Crippen LogP contribution in [0.5, 0.6) is 0 Å². The van der Waals surface area contributed by atoms with E-state index in [0.29, 0.717) is 23.5 Å². The standard InChI is InChI=1S/C21H22FNO4/c1-4-23-17-10-8-7-9-15(17)21(19(24)26-5-2,20(25)27-6-3)16-13-14(22)11-12-18(16)23/h7-13H,4-6H2,1-3H3. The van der Waals surface area contributed by atoms with Gasteiger partial charge in [-0.3, -0.25) is 9.59 Å². The highest BCUT2D eigenvalue weighted by atomic mass is 19.1. The van der Waals surface area contributed by atoms with Crippen molar-refractivity contribution < 1.29 is 23.5 Å². The van der Waals surface area contributed by atoms with Gasteiger partial charge in [-0.15, -0.1) is 0 Å². The van der Waals surface area contributed by atoms with E-state index in [9.17, 15) is 14.0 Å². The average molecular weight is 371 g/mol. The van der Waals surface area contributed by atoms with Crippen molar-refractivity contribution in [2.75, 3.05) is 24.7 Å². The molecule has 1 aliphatic rings. The molecule has 2 aromatic carbocycles. The number of esters is 2. The summed E-state index contributed by atoms with van der Waals surface area (Å²) in [5, 5.41) is 0. The molecule has 0 aliphatic carbocycles.